The number of amides is 2. The van der Waals surface area contributed by atoms with Gasteiger partial charge in [-0.3, -0.25) is 14.4 Å². The normalized spacial score (nSPS) is 14.6. The molecule has 1 aliphatic rings. The van der Waals surface area contributed by atoms with Crippen LogP contribution in [0.5, 0.6) is 0 Å². The first kappa shape index (κ1) is 19.9. The number of carbonyl (C=O) groups excluding carboxylic acids is 3. The average molecular weight is 401 g/mol. The van der Waals surface area contributed by atoms with Crippen LogP contribution in [0.1, 0.15) is 41.2 Å². The summed E-state index contributed by atoms with van der Waals surface area (Å²) in [5.74, 6) is -0.699. The quantitative estimate of drug-likeness (QED) is 0.753. The Morgan fingerprint density at radius 2 is 1.89 bits per heavy atom. The number of methoxy groups -OCH3 is 1. The molecule has 1 saturated heterocycles. The van der Waals surface area contributed by atoms with Crippen molar-refractivity contribution in [2.24, 2.45) is 0 Å². The molecule has 1 N–H and O–H groups in total. The standard InChI is InChI=1S/C21H21ClN2O4/c1-28-20(26)13-18(16-5-2-3-6-17(16)22)23-21(27)14-8-10-15(11-9-14)24-12-4-7-19(24)25/h2-3,5-6,8-11,18H,4,7,12-13H2,1H3,(H,23,27). The molecule has 0 radical (unpaired) electrons. The fourth-order valence-electron chi connectivity index (χ4n) is 3.20. The van der Waals surface area contributed by atoms with Crippen molar-refractivity contribution in [1.82, 2.24) is 5.32 Å². The van der Waals surface area contributed by atoms with Crippen molar-refractivity contribution >= 4 is 35.1 Å². The number of ether oxygens (including phenoxy) is 1. The molecule has 0 saturated carbocycles. The molecular formula is C21H21ClN2O4. The van der Waals surface area contributed by atoms with E-state index in [0.717, 1.165) is 12.1 Å². The van der Waals surface area contributed by atoms with Crippen LogP contribution in [0.2, 0.25) is 5.02 Å². The Labute approximate surface area is 168 Å². The fourth-order valence-corrected chi connectivity index (χ4v) is 3.47. The molecular weight excluding hydrogens is 380 g/mol. The van der Waals surface area contributed by atoms with Crippen LogP contribution in [0.25, 0.3) is 0 Å². The minimum absolute atomic E-state index is 0.0354. The van der Waals surface area contributed by atoms with Crippen molar-refractivity contribution in [2.45, 2.75) is 25.3 Å². The molecule has 2 aromatic rings. The first-order valence-electron chi connectivity index (χ1n) is 9.02. The first-order valence-corrected chi connectivity index (χ1v) is 9.40. The maximum Gasteiger partial charge on any atom is 0.307 e. The second-order valence-electron chi connectivity index (χ2n) is 6.52. The van der Waals surface area contributed by atoms with Crippen molar-refractivity contribution in [3.8, 4) is 0 Å². The van der Waals surface area contributed by atoms with Gasteiger partial charge in [-0.1, -0.05) is 29.8 Å². The van der Waals surface area contributed by atoms with Crippen LogP contribution in [0, 0.1) is 0 Å². The molecule has 1 heterocycles. The van der Waals surface area contributed by atoms with E-state index in [1.807, 2.05) is 0 Å². The van der Waals surface area contributed by atoms with E-state index < -0.39 is 12.0 Å². The molecule has 0 spiro atoms. The van der Waals surface area contributed by atoms with Crippen LogP contribution >= 0.6 is 11.6 Å². The lowest BCUT2D eigenvalue weighted by molar-refractivity contribution is -0.141. The van der Waals surface area contributed by atoms with Gasteiger partial charge in [0.15, 0.2) is 0 Å². The first-order chi connectivity index (χ1) is 13.5. The Balaban J connectivity index is 1.77. The van der Waals surface area contributed by atoms with E-state index in [1.54, 1.807) is 53.4 Å². The number of nitrogens with zero attached hydrogens (tertiary/aromatic N) is 1. The smallest absolute Gasteiger partial charge is 0.307 e. The van der Waals surface area contributed by atoms with Crippen molar-refractivity contribution in [1.29, 1.82) is 0 Å². The van der Waals surface area contributed by atoms with E-state index in [2.05, 4.69) is 5.32 Å². The average Bonchev–Trinajstić information content (AvgIpc) is 3.13. The van der Waals surface area contributed by atoms with Gasteiger partial charge in [-0.15, -0.1) is 0 Å². The van der Waals surface area contributed by atoms with E-state index in [9.17, 15) is 14.4 Å². The Morgan fingerprint density at radius 1 is 1.18 bits per heavy atom. The van der Waals surface area contributed by atoms with Gasteiger partial charge in [0.2, 0.25) is 5.91 Å². The van der Waals surface area contributed by atoms with Crippen LogP contribution < -0.4 is 10.2 Å². The molecule has 3 rings (SSSR count). The molecule has 0 aromatic heterocycles. The highest BCUT2D eigenvalue weighted by atomic mass is 35.5. The predicted molar refractivity (Wildman–Crippen MR) is 106 cm³/mol. The molecule has 2 aromatic carbocycles. The van der Waals surface area contributed by atoms with E-state index in [1.165, 1.54) is 7.11 Å². The van der Waals surface area contributed by atoms with Crippen molar-refractivity contribution in [3.63, 3.8) is 0 Å². The molecule has 0 bridgehead atoms. The van der Waals surface area contributed by atoms with Gasteiger partial charge >= 0.3 is 5.97 Å². The summed E-state index contributed by atoms with van der Waals surface area (Å²) in [7, 11) is 1.30. The van der Waals surface area contributed by atoms with Crippen molar-refractivity contribution in [3.05, 3.63) is 64.7 Å². The zero-order valence-electron chi connectivity index (χ0n) is 15.5. The van der Waals surface area contributed by atoms with Gasteiger partial charge in [0, 0.05) is 29.2 Å². The van der Waals surface area contributed by atoms with E-state index in [4.69, 9.17) is 16.3 Å². The zero-order valence-corrected chi connectivity index (χ0v) is 16.2. The molecule has 146 valence electrons. The highest BCUT2D eigenvalue weighted by Crippen LogP contribution is 2.26. The van der Waals surface area contributed by atoms with Gasteiger partial charge in [0.25, 0.3) is 5.91 Å². The highest BCUT2D eigenvalue weighted by molar-refractivity contribution is 6.31. The molecule has 7 heteroatoms. The van der Waals surface area contributed by atoms with Gasteiger partial charge in [0.1, 0.15) is 0 Å². The maximum absolute atomic E-state index is 12.7. The van der Waals surface area contributed by atoms with Gasteiger partial charge in [0.05, 0.1) is 19.6 Å². The second-order valence-corrected chi connectivity index (χ2v) is 6.93. The van der Waals surface area contributed by atoms with Crippen LogP contribution in [0.4, 0.5) is 5.69 Å². The summed E-state index contributed by atoms with van der Waals surface area (Å²) >= 11 is 6.24. The maximum atomic E-state index is 12.7. The molecule has 0 aliphatic carbocycles. The molecule has 1 unspecified atom stereocenters. The lowest BCUT2D eigenvalue weighted by Crippen LogP contribution is -2.31. The number of rotatable bonds is 6. The number of esters is 1. The third-order valence-electron chi connectivity index (χ3n) is 4.70. The topological polar surface area (TPSA) is 75.7 Å². The fraction of sp³-hybridized carbons (Fsp3) is 0.286. The Bertz CT molecular complexity index is 882. The number of benzene rings is 2. The van der Waals surface area contributed by atoms with Crippen molar-refractivity contribution < 1.29 is 19.1 Å². The summed E-state index contributed by atoms with van der Waals surface area (Å²) in [6, 6.07) is 13.3. The minimum atomic E-state index is -0.617. The van der Waals surface area contributed by atoms with Gasteiger partial charge < -0.3 is 15.0 Å². The van der Waals surface area contributed by atoms with Crippen LogP contribution in [-0.4, -0.2) is 31.4 Å². The Morgan fingerprint density at radius 3 is 2.50 bits per heavy atom. The third kappa shape index (κ3) is 4.51. The van der Waals surface area contributed by atoms with E-state index >= 15 is 0 Å². The number of carbonyl (C=O) groups is 3. The van der Waals surface area contributed by atoms with Crippen LogP contribution in [0.3, 0.4) is 0 Å². The SMILES string of the molecule is COC(=O)CC(NC(=O)c1ccc(N2CCCC2=O)cc1)c1ccccc1Cl. The lowest BCUT2D eigenvalue weighted by atomic mass is 10.0. The summed E-state index contributed by atoms with van der Waals surface area (Å²) in [5.41, 5.74) is 1.84. The molecule has 2 amide bonds. The summed E-state index contributed by atoms with van der Waals surface area (Å²) in [6.07, 6.45) is 1.36. The van der Waals surface area contributed by atoms with Crippen LogP contribution in [0.15, 0.2) is 48.5 Å². The highest BCUT2D eigenvalue weighted by Gasteiger charge is 2.23. The van der Waals surface area contributed by atoms with E-state index in [-0.39, 0.29) is 18.2 Å². The lowest BCUT2D eigenvalue weighted by Gasteiger charge is -2.20. The second kappa shape index (κ2) is 8.89. The molecule has 1 fully saturated rings. The molecule has 28 heavy (non-hydrogen) atoms. The summed E-state index contributed by atoms with van der Waals surface area (Å²) in [4.78, 5) is 38.1. The van der Waals surface area contributed by atoms with Gasteiger partial charge in [-0.25, -0.2) is 0 Å². The summed E-state index contributed by atoms with van der Waals surface area (Å²) < 4.78 is 4.74. The molecule has 1 aliphatic heterocycles. The van der Waals surface area contributed by atoms with Crippen molar-refractivity contribution in [2.75, 3.05) is 18.6 Å². The monoisotopic (exact) mass is 400 g/mol. The number of anilines is 1. The van der Waals surface area contributed by atoms with Gasteiger partial charge in [-0.05, 0) is 42.3 Å². The zero-order chi connectivity index (χ0) is 20.1. The third-order valence-corrected chi connectivity index (χ3v) is 5.04. The van der Waals surface area contributed by atoms with Gasteiger partial charge in [-0.2, -0.15) is 0 Å². The summed E-state index contributed by atoms with van der Waals surface area (Å²) in [6.45, 7) is 0.693. The Kier molecular flexibility index (Phi) is 6.31. The number of hydrogen-bond donors (Lipinski definition) is 1. The molecule has 6 nitrogen and oxygen atoms in total. The summed E-state index contributed by atoms with van der Waals surface area (Å²) in [5, 5.41) is 3.31. The number of hydrogen-bond acceptors (Lipinski definition) is 4. The largest absolute Gasteiger partial charge is 0.469 e. The minimum Gasteiger partial charge on any atom is -0.469 e. The van der Waals surface area contributed by atoms with E-state index in [0.29, 0.717) is 29.1 Å². The predicted octanol–water partition coefficient (Wildman–Crippen LogP) is 3.50. The van der Waals surface area contributed by atoms with Crippen LogP contribution in [-0.2, 0) is 14.3 Å². The Hall–Kier alpha value is -2.86. The molecule has 1 atom stereocenters. The number of nitrogens with one attached hydrogen (secondary N) is 1. The number of halogens is 1.